The summed E-state index contributed by atoms with van der Waals surface area (Å²) in [6.07, 6.45) is 0. The molecule has 0 N–H and O–H groups in total. The molecule has 0 aromatic carbocycles. The van der Waals surface area contributed by atoms with Crippen LogP contribution in [0.15, 0.2) is 0 Å². The number of likely N-dealkylation sites (N-methyl/N-ethyl adjacent to an activating group) is 1. The SMILES string of the molecule is CC(C)[N]1CCN(C)CC[N](C(C)C)[Sn]1. The molecule has 0 aromatic rings. The molecule has 3 nitrogen and oxygen atoms in total. The van der Waals surface area contributed by atoms with Gasteiger partial charge in [0.2, 0.25) is 0 Å². The van der Waals surface area contributed by atoms with E-state index in [1.807, 2.05) is 0 Å². The summed E-state index contributed by atoms with van der Waals surface area (Å²) in [5, 5.41) is 0. The van der Waals surface area contributed by atoms with Crippen molar-refractivity contribution in [1.82, 2.24) is 11.1 Å². The Bertz CT molecular complexity index is 167. The Labute approximate surface area is 106 Å². The van der Waals surface area contributed by atoms with E-state index >= 15 is 0 Å². The van der Waals surface area contributed by atoms with E-state index in [4.69, 9.17) is 0 Å². The van der Waals surface area contributed by atoms with Crippen molar-refractivity contribution in [2.45, 2.75) is 39.8 Å². The molecule has 0 bridgehead atoms. The molecule has 0 saturated carbocycles. The van der Waals surface area contributed by atoms with Crippen LogP contribution in [0.25, 0.3) is 0 Å². The Hall–Kier alpha value is 0.679. The molecule has 88 valence electrons. The van der Waals surface area contributed by atoms with Crippen LogP contribution < -0.4 is 0 Å². The van der Waals surface area contributed by atoms with Crippen molar-refractivity contribution >= 4 is 21.7 Å². The van der Waals surface area contributed by atoms with Crippen molar-refractivity contribution in [3.05, 3.63) is 0 Å². The molecule has 4 heteroatoms. The van der Waals surface area contributed by atoms with Gasteiger partial charge in [0.25, 0.3) is 0 Å². The van der Waals surface area contributed by atoms with E-state index in [0.717, 1.165) is 12.1 Å². The van der Waals surface area contributed by atoms with Crippen molar-refractivity contribution in [3.8, 4) is 0 Å². The second kappa shape index (κ2) is 6.42. The maximum atomic E-state index is 2.74. The number of nitrogens with zero attached hydrogens (tertiary/aromatic N) is 3. The molecule has 2 radical (unpaired) electrons. The van der Waals surface area contributed by atoms with Crippen LogP contribution >= 0.6 is 0 Å². The van der Waals surface area contributed by atoms with Gasteiger partial charge in [-0.3, -0.25) is 0 Å². The van der Waals surface area contributed by atoms with Crippen molar-refractivity contribution in [2.24, 2.45) is 0 Å². The Morgan fingerprint density at radius 1 is 0.800 bits per heavy atom. The average molecular weight is 318 g/mol. The van der Waals surface area contributed by atoms with Crippen molar-refractivity contribution in [1.29, 1.82) is 0 Å². The van der Waals surface area contributed by atoms with E-state index in [2.05, 4.69) is 45.9 Å². The monoisotopic (exact) mass is 319 g/mol. The van der Waals surface area contributed by atoms with Gasteiger partial charge < -0.3 is 0 Å². The van der Waals surface area contributed by atoms with E-state index in [-0.39, 0.29) is 0 Å². The van der Waals surface area contributed by atoms with Gasteiger partial charge >= 0.3 is 106 Å². The molecule has 0 atom stereocenters. The molecule has 1 rings (SSSR count). The molecule has 1 aliphatic heterocycles. The van der Waals surface area contributed by atoms with Crippen LogP contribution in [0.3, 0.4) is 0 Å². The zero-order valence-corrected chi connectivity index (χ0v) is 13.7. The fourth-order valence-electron chi connectivity index (χ4n) is 1.68. The van der Waals surface area contributed by atoms with Gasteiger partial charge in [0.1, 0.15) is 0 Å². The molecule has 0 aromatic heterocycles. The van der Waals surface area contributed by atoms with Crippen LogP contribution in [0.1, 0.15) is 27.7 Å². The van der Waals surface area contributed by atoms with E-state index < -0.39 is 21.7 Å². The van der Waals surface area contributed by atoms with Crippen LogP contribution in [-0.4, -0.2) is 78.1 Å². The molecule has 1 saturated heterocycles. The fourth-order valence-corrected chi connectivity index (χ4v) is 5.08. The summed E-state index contributed by atoms with van der Waals surface area (Å²) < 4.78 is 5.47. The summed E-state index contributed by atoms with van der Waals surface area (Å²) in [4.78, 5) is 2.46. The third-order valence-corrected chi connectivity index (χ3v) is 8.64. The normalized spacial score (nSPS) is 23.4. The van der Waals surface area contributed by atoms with E-state index in [1.54, 1.807) is 0 Å². The van der Waals surface area contributed by atoms with Gasteiger partial charge in [0.15, 0.2) is 0 Å². The van der Waals surface area contributed by atoms with Crippen LogP contribution in [0, 0.1) is 0 Å². The summed E-state index contributed by atoms with van der Waals surface area (Å²) in [5.41, 5.74) is 0. The molecule has 15 heavy (non-hydrogen) atoms. The first-order valence-electron chi connectivity index (χ1n) is 5.99. The minimum absolute atomic E-state index is 0.495. The first-order chi connectivity index (χ1) is 7.00. The third-order valence-electron chi connectivity index (χ3n) is 2.95. The summed E-state index contributed by atoms with van der Waals surface area (Å²) >= 11 is -0.495. The summed E-state index contributed by atoms with van der Waals surface area (Å²) in [7, 11) is 2.24. The molecule has 0 spiro atoms. The van der Waals surface area contributed by atoms with Crippen LogP contribution in [0.4, 0.5) is 0 Å². The fraction of sp³-hybridized carbons (Fsp3) is 1.00. The first-order valence-corrected chi connectivity index (χ1v) is 8.54. The van der Waals surface area contributed by atoms with Crippen molar-refractivity contribution in [3.63, 3.8) is 0 Å². The van der Waals surface area contributed by atoms with Crippen molar-refractivity contribution in [2.75, 3.05) is 33.2 Å². The second-order valence-electron chi connectivity index (χ2n) is 4.98. The van der Waals surface area contributed by atoms with Gasteiger partial charge in [0.05, 0.1) is 0 Å². The van der Waals surface area contributed by atoms with Gasteiger partial charge in [-0.05, 0) is 0 Å². The van der Waals surface area contributed by atoms with Gasteiger partial charge in [-0.2, -0.15) is 0 Å². The molecule has 1 aliphatic rings. The number of hydrogen-bond donors (Lipinski definition) is 0. The van der Waals surface area contributed by atoms with E-state index in [9.17, 15) is 0 Å². The standard InChI is InChI=1S/C11H25N3.Sn/c1-10(2)12-6-8-14(5)9-7-13-11(3)4;/h10-11H,6-9H2,1-5H3;/q-2;+2. The Balaban J connectivity index is 2.58. The molecular formula is C11H25N3Sn. The number of rotatable bonds is 2. The second-order valence-corrected chi connectivity index (χ2v) is 8.83. The predicted molar refractivity (Wildman–Crippen MR) is 66.9 cm³/mol. The van der Waals surface area contributed by atoms with Gasteiger partial charge in [-0.25, -0.2) is 0 Å². The molecule has 0 aliphatic carbocycles. The number of hydrogen-bond acceptors (Lipinski definition) is 3. The molecular weight excluding hydrogens is 293 g/mol. The van der Waals surface area contributed by atoms with Gasteiger partial charge in [-0.1, -0.05) is 0 Å². The molecule has 1 heterocycles. The first kappa shape index (κ1) is 13.7. The minimum atomic E-state index is -0.495. The van der Waals surface area contributed by atoms with Crippen molar-refractivity contribution < 1.29 is 0 Å². The van der Waals surface area contributed by atoms with Crippen LogP contribution in [0.5, 0.6) is 0 Å². The average Bonchev–Trinajstić information content (AvgIpc) is 2.11. The molecule has 1 fully saturated rings. The van der Waals surface area contributed by atoms with E-state index in [1.165, 1.54) is 26.2 Å². The Morgan fingerprint density at radius 2 is 1.20 bits per heavy atom. The predicted octanol–water partition coefficient (Wildman–Crippen LogP) is 0.887. The van der Waals surface area contributed by atoms with Gasteiger partial charge in [0, 0.05) is 0 Å². The summed E-state index contributed by atoms with van der Waals surface area (Å²) in [6.45, 7) is 14.4. The Morgan fingerprint density at radius 3 is 1.53 bits per heavy atom. The van der Waals surface area contributed by atoms with Gasteiger partial charge in [-0.15, -0.1) is 0 Å². The van der Waals surface area contributed by atoms with Crippen LogP contribution in [-0.2, 0) is 0 Å². The Kier molecular flexibility index (Phi) is 5.88. The quantitative estimate of drug-likeness (QED) is 0.700. The molecule has 0 amide bonds. The summed E-state index contributed by atoms with van der Waals surface area (Å²) in [5.74, 6) is 0. The van der Waals surface area contributed by atoms with Crippen LogP contribution in [0.2, 0.25) is 0 Å². The zero-order valence-electron chi connectivity index (χ0n) is 10.8. The zero-order chi connectivity index (χ0) is 11.4. The molecule has 0 unspecified atom stereocenters. The third kappa shape index (κ3) is 4.59. The topological polar surface area (TPSA) is 9.72 Å². The summed E-state index contributed by atoms with van der Waals surface area (Å²) in [6, 6.07) is 1.45. The van der Waals surface area contributed by atoms with E-state index in [0.29, 0.717) is 0 Å². The maximum absolute atomic E-state index is 2.74.